The van der Waals surface area contributed by atoms with Crippen molar-refractivity contribution < 1.29 is 13.9 Å². The van der Waals surface area contributed by atoms with Crippen LogP contribution in [-0.4, -0.2) is 22.8 Å². The van der Waals surface area contributed by atoms with E-state index >= 15 is 0 Å². The normalized spacial score (nSPS) is 11.9. The number of aryl methyl sites for hydroxylation is 1. The number of carbonyl (C=O) groups is 1. The molecule has 3 aromatic rings. The van der Waals surface area contributed by atoms with E-state index in [1.165, 1.54) is 35.2 Å². The van der Waals surface area contributed by atoms with Gasteiger partial charge in [0.2, 0.25) is 5.91 Å². The van der Waals surface area contributed by atoms with E-state index in [2.05, 4.69) is 4.99 Å². The van der Waals surface area contributed by atoms with Gasteiger partial charge in [-0.05, 0) is 43.3 Å². The van der Waals surface area contributed by atoms with E-state index in [9.17, 15) is 9.18 Å². The van der Waals surface area contributed by atoms with Crippen molar-refractivity contribution in [3.8, 4) is 5.75 Å². The molecule has 26 heavy (non-hydrogen) atoms. The Morgan fingerprint density at radius 1 is 1.27 bits per heavy atom. The van der Waals surface area contributed by atoms with Crippen molar-refractivity contribution >= 4 is 39.2 Å². The molecule has 4 nitrogen and oxygen atoms in total. The van der Waals surface area contributed by atoms with Gasteiger partial charge >= 0.3 is 0 Å². The molecule has 0 spiro atoms. The monoisotopic (exact) mass is 390 g/mol. The van der Waals surface area contributed by atoms with Crippen molar-refractivity contribution in [2.24, 2.45) is 12.0 Å². The maximum Gasteiger partial charge on any atom is 0.249 e. The number of benzene rings is 2. The number of ether oxygens (including phenoxy) is 1. The van der Waals surface area contributed by atoms with Gasteiger partial charge in [-0.15, -0.1) is 11.8 Å². The van der Waals surface area contributed by atoms with Crippen molar-refractivity contribution in [3.05, 3.63) is 53.1 Å². The molecule has 136 valence electrons. The molecule has 0 fully saturated rings. The summed E-state index contributed by atoms with van der Waals surface area (Å²) in [6.07, 6.45) is 0.328. The third-order valence-corrected chi connectivity index (χ3v) is 5.81. The molecule has 0 aliphatic carbocycles. The van der Waals surface area contributed by atoms with E-state index in [1.807, 2.05) is 36.7 Å². The van der Waals surface area contributed by atoms with Gasteiger partial charge in [0.1, 0.15) is 17.1 Å². The van der Waals surface area contributed by atoms with Crippen LogP contribution in [0.5, 0.6) is 5.75 Å². The van der Waals surface area contributed by atoms with Gasteiger partial charge in [-0.2, -0.15) is 4.99 Å². The Kier molecular flexibility index (Phi) is 6.11. The third kappa shape index (κ3) is 4.34. The summed E-state index contributed by atoms with van der Waals surface area (Å²) in [4.78, 5) is 18.1. The standard InChI is InChI=1S/C19H19FN2O2S2/c1-3-24-15-5-4-6-16-18(15)22(2)19(26-16)21-17(23)11-12-25-14-9-7-13(20)8-10-14/h4-10H,3,11-12H2,1-2H3. The Morgan fingerprint density at radius 3 is 2.77 bits per heavy atom. The number of amides is 1. The van der Waals surface area contributed by atoms with Gasteiger partial charge < -0.3 is 9.30 Å². The van der Waals surface area contributed by atoms with Crippen molar-refractivity contribution in [1.29, 1.82) is 0 Å². The van der Waals surface area contributed by atoms with Gasteiger partial charge in [0.05, 0.1) is 11.3 Å². The zero-order chi connectivity index (χ0) is 18.5. The first-order valence-corrected chi connectivity index (χ1v) is 10.1. The Hall–Kier alpha value is -2.12. The Morgan fingerprint density at radius 2 is 2.04 bits per heavy atom. The highest BCUT2D eigenvalue weighted by molar-refractivity contribution is 7.99. The fourth-order valence-corrected chi connectivity index (χ4v) is 4.39. The summed E-state index contributed by atoms with van der Waals surface area (Å²) in [5.74, 6) is 0.973. The second kappa shape index (κ2) is 8.51. The molecule has 0 N–H and O–H groups in total. The summed E-state index contributed by atoms with van der Waals surface area (Å²) < 4.78 is 21.5. The number of halogens is 1. The lowest BCUT2D eigenvalue weighted by molar-refractivity contribution is -0.117. The van der Waals surface area contributed by atoms with Crippen molar-refractivity contribution in [3.63, 3.8) is 0 Å². The number of fused-ring (bicyclic) bond motifs is 1. The molecular weight excluding hydrogens is 371 g/mol. The van der Waals surface area contributed by atoms with Crippen molar-refractivity contribution in [2.45, 2.75) is 18.2 Å². The van der Waals surface area contributed by atoms with Crippen LogP contribution in [0.25, 0.3) is 10.2 Å². The molecule has 3 rings (SSSR count). The van der Waals surface area contributed by atoms with E-state index in [4.69, 9.17) is 4.74 Å². The Balaban J connectivity index is 1.72. The highest BCUT2D eigenvalue weighted by Gasteiger charge is 2.10. The Labute approximate surface area is 159 Å². The highest BCUT2D eigenvalue weighted by atomic mass is 32.2. The molecule has 0 saturated heterocycles. The second-order valence-corrected chi connectivity index (χ2v) is 7.71. The van der Waals surface area contributed by atoms with Crippen LogP contribution < -0.4 is 9.54 Å². The van der Waals surface area contributed by atoms with Crippen molar-refractivity contribution in [1.82, 2.24) is 4.57 Å². The largest absolute Gasteiger partial charge is 0.492 e. The third-order valence-electron chi connectivity index (χ3n) is 3.70. The van der Waals surface area contributed by atoms with Gasteiger partial charge in [-0.1, -0.05) is 17.4 Å². The van der Waals surface area contributed by atoms with Gasteiger partial charge in [0, 0.05) is 24.1 Å². The molecule has 0 atom stereocenters. The van der Waals surface area contributed by atoms with Crippen molar-refractivity contribution in [2.75, 3.05) is 12.4 Å². The number of hydrogen-bond donors (Lipinski definition) is 0. The molecule has 0 bridgehead atoms. The molecule has 0 aliphatic heterocycles. The SMILES string of the molecule is CCOc1cccc2sc(=NC(=O)CCSc3ccc(F)cc3)n(C)c12. The summed E-state index contributed by atoms with van der Waals surface area (Å²) in [5.41, 5.74) is 0.951. The van der Waals surface area contributed by atoms with E-state index in [1.54, 1.807) is 12.1 Å². The van der Waals surface area contributed by atoms with Gasteiger partial charge in [0.25, 0.3) is 0 Å². The number of para-hydroxylation sites is 1. The number of carbonyl (C=O) groups excluding carboxylic acids is 1. The molecule has 1 heterocycles. The van der Waals surface area contributed by atoms with E-state index in [-0.39, 0.29) is 11.7 Å². The maximum atomic E-state index is 12.9. The molecule has 7 heteroatoms. The average Bonchev–Trinajstić information content (AvgIpc) is 2.94. The zero-order valence-corrected chi connectivity index (χ0v) is 16.2. The second-order valence-electron chi connectivity index (χ2n) is 5.54. The molecule has 1 amide bonds. The smallest absolute Gasteiger partial charge is 0.249 e. The van der Waals surface area contributed by atoms with Crippen LogP contribution in [0.4, 0.5) is 4.39 Å². The van der Waals surface area contributed by atoms with Gasteiger partial charge in [-0.25, -0.2) is 4.39 Å². The number of thiazole rings is 1. The maximum absolute atomic E-state index is 12.9. The van der Waals surface area contributed by atoms with Gasteiger partial charge in [0.15, 0.2) is 4.80 Å². The minimum absolute atomic E-state index is 0.167. The van der Waals surface area contributed by atoms with Gasteiger partial charge in [-0.3, -0.25) is 4.79 Å². The molecule has 0 radical (unpaired) electrons. The van der Waals surface area contributed by atoms with Crippen LogP contribution in [0, 0.1) is 5.82 Å². The number of aromatic nitrogens is 1. The zero-order valence-electron chi connectivity index (χ0n) is 14.6. The predicted molar refractivity (Wildman–Crippen MR) is 104 cm³/mol. The molecular formula is C19H19FN2O2S2. The first-order chi connectivity index (χ1) is 12.6. The summed E-state index contributed by atoms with van der Waals surface area (Å²) >= 11 is 2.99. The minimum atomic E-state index is -0.260. The van der Waals surface area contributed by atoms with Crippen LogP contribution in [0.15, 0.2) is 52.4 Å². The van der Waals surface area contributed by atoms with Crippen LogP contribution in [-0.2, 0) is 11.8 Å². The number of rotatable bonds is 6. The summed E-state index contributed by atoms with van der Waals surface area (Å²) in [7, 11) is 1.89. The first-order valence-electron chi connectivity index (χ1n) is 8.25. The number of thioether (sulfide) groups is 1. The lowest BCUT2D eigenvalue weighted by Gasteiger charge is -2.05. The Bertz CT molecular complexity index is 977. The van der Waals surface area contributed by atoms with Crippen LogP contribution >= 0.6 is 23.1 Å². The number of hydrogen-bond acceptors (Lipinski definition) is 4. The van der Waals surface area contributed by atoms with Crippen LogP contribution in [0.2, 0.25) is 0 Å². The quantitative estimate of drug-likeness (QED) is 0.587. The summed E-state index contributed by atoms with van der Waals surface area (Å²) in [6, 6.07) is 12.1. The fourth-order valence-electron chi connectivity index (χ4n) is 2.50. The fraction of sp³-hybridized carbons (Fsp3) is 0.263. The summed E-state index contributed by atoms with van der Waals surface area (Å²) in [5, 5.41) is 0. The number of nitrogens with zero attached hydrogens (tertiary/aromatic N) is 2. The minimum Gasteiger partial charge on any atom is -0.492 e. The van der Waals surface area contributed by atoms with Crippen LogP contribution in [0.1, 0.15) is 13.3 Å². The lowest BCUT2D eigenvalue weighted by atomic mass is 10.3. The molecule has 1 aromatic heterocycles. The van der Waals surface area contributed by atoms with E-state index in [0.29, 0.717) is 23.6 Å². The lowest BCUT2D eigenvalue weighted by Crippen LogP contribution is -2.13. The molecule has 0 unspecified atom stereocenters. The highest BCUT2D eigenvalue weighted by Crippen LogP contribution is 2.26. The molecule has 0 saturated carbocycles. The van der Waals surface area contributed by atoms with Crippen LogP contribution in [0.3, 0.4) is 0 Å². The van der Waals surface area contributed by atoms with E-state index < -0.39 is 0 Å². The molecule has 2 aromatic carbocycles. The summed E-state index contributed by atoms with van der Waals surface area (Å²) in [6.45, 7) is 2.53. The predicted octanol–water partition coefficient (Wildman–Crippen LogP) is 4.39. The first kappa shape index (κ1) is 18.7. The van der Waals surface area contributed by atoms with E-state index in [0.717, 1.165) is 20.9 Å². The topological polar surface area (TPSA) is 43.6 Å². The molecule has 0 aliphatic rings. The average molecular weight is 391 g/mol.